The van der Waals surface area contributed by atoms with Crippen molar-refractivity contribution in [2.24, 2.45) is 0 Å². The summed E-state index contributed by atoms with van der Waals surface area (Å²) in [5.74, 6) is 0.811. The van der Waals surface area contributed by atoms with Crippen LogP contribution in [-0.4, -0.2) is 42.4 Å². The van der Waals surface area contributed by atoms with Gasteiger partial charge < -0.3 is 5.11 Å². The SMILES string of the molecule is CN(C1CCSC1)S(=O)(=O)c1cc(F)c(Cl)c(CO)c1. The molecular weight excluding hydrogens is 325 g/mol. The molecule has 0 aliphatic carbocycles. The van der Waals surface area contributed by atoms with Crippen LogP contribution in [0.25, 0.3) is 0 Å². The van der Waals surface area contributed by atoms with Gasteiger partial charge in [0.05, 0.1) is 16.5 Å². The summed E-state index contributed by atoms with van der Waals surface area (Å²) in [6.45, 7) is -0.512. The molecule has 0 radical (unpaired) electrons. The number of nitrogens with zero attached hydrogens (tertiary/aromatic N) is 1. The molecule has 112 valence electrons. The molecule has 0 amide bonds. The minimum Gasteiger partial charge on any atom is -0.392 e. The van der Waals surface area contributed by atoms with Crippen molar-refractivity contribution in [2.45, 2.75) is 24.0 Å². The van der Waals surface area contributed by atoms with Crippen LogP contribution in [0.3, 0.4) is 0 Å². The van der Waals surface area contributed by atoms with Gasteiger partial charge in [-0.05, 0) is 24.3 Å². The van der Waals surface area contributed by atoms with Crippen LogP contribution in [0.1, 0.15) is 12.0 Å². The molecular formula is C12H15ClFNO3S2. The highest BCUT2D eigenvalue weighted by molar-refractivity contribution is 7.99. The van der Waals surface area contributed by atoms with E-state index in [1.165, 1.54) is 17.4 Å². The van der Waals surface area contributed by atoms with Crippen LogP contribution in [0.15, 0.2) is 17.0 Å². The van der Waals surface area contributed by atoms with E-state index in [4.69, 9.17) is 16.7 Å². The second-order valence-corrected chi connectivity index (χ2v) is 8.10. The first kappa shape index (κ1) is 16.0. The van der Waals surface area contributed by atoms with Crippen LogP contribution in [0.2, 0.25) is 5.02 Å². The van der Waals surface area contributed by atoms with Crippen molar-refractivity contribution in [3.05, 3.63) is 28.5 Å². The highest BCUT2D eigenvalue weighted by Gasteiger charge is 2.31. The Hall–Kier alpha value is -0.340. The number of sulfonamides is 1. The maximum atomic E-state index is 13.7. The molecule has 1 saturated heterocycles. The fourth-order valence-corrected chi connectivity index (χ4v) is 5.03. The monoisotopic (exact) mass is 339 g/mol. The third-order valence-corrected chi connectivity index (χ3v) is 6.80. The molecule has 1 unspecified atom stereocenters. The van der Waals surface area contributed by atoms with Gasteiger partial charge in [-0.2, -0.15) is 16.1 Å². The van der Waals surface area contributed by atoms with Crippen LogP contribution in [0.4, 0.5) is 4.39 Å². The van der Waals surface area contributed by atoms with E-state index in [-0.39, 0.29) is 21.5 Å². The van der Waals surface area contributed by atoms with E-state index in [0.717, 1.165) is 24.0 Å². The minimum absolute atomic E-state index is 0.0689. The summed E-state index contributed by atoms with van der Waals surface area (Å²) in [4.78, 5) is -0.178. The highest BCUT2D eigenvalue weighted by Crippen LogP contribution is 2.29. The fraction of sp³-hybridized carbons (Fsp3) is 0.500. The first-order valence-electron chi connectivity index (χ1n) is 6.02. The molecule has 1 atom stereocenters. The highest BCUT2D eigenvalue weighted by atomic mass is 35.5. The van der Waals surface area contributed by atoms with Crippen LogP contribution >= 0.6 is 23.4 Å². The molecule has 1 aliphatic rings. The molecule has 1 N–H and O–H groups in total. The van der Waals surface area contributed by atoms with E-state index in [1.54, 1.807) is 11.8 Å². The number of aliphatic hydroxyl groups excluding tert-OH is 1. The Bertz CT molecular complexity index is 603. The normalized spacial score (nSPS) is 19.8. The summed E-state index contributed by atoms with van der Waals surface area (Å²) in [5, 5.41) is 8.88. The summed E-state index contributed by atoms with van der Waals surface area (Å²) >= 11 is 7.37. The topological polar surface area (TPSA) is 57.6 Å². The van der Waals surface area contributed by atoms with Gasteiger partial charge in [-0.25, -0.2) is 12.8 Å². The number of aliphatic hydroxyl groups is 1. The Morgan fingerprint density at radius 1 is 1.55 bits per heavy atom. The number of hydrogen-bond acceptors (Lipinski definition) is 4. The Labute approximate surface area is 127 Å². The van der Waals surface area contributed by atoms with Gasteiger partial charge in [0.25, 0.3) is 0 Å². The third kappa shape index (κ3) is 2.96. The van der Waals surface area contributed by atoms with Gasteiger partial charge in [0.15, 0.2) is 0 Å². The molecule has 1 aromatic carbocycles. The minimum atomic E-state index is -3.78. The number of halogens is 2. The van der Waals surface area contributed by atoms with Gasteiger partial charge in [-0.3, -0.25) is 0 Å². The smallest absolute Gasteiger partial charge is 0.243 e. The summed E-state index contributed by atoms with van der Waals surface area (Å²) in [7, 11) is -2.29. The summed E-state index contributed by atoms with van der Waals surface area (Å²) in [6, 6.07) is 2.04. The van der Waals surface area contributed by atoms with Crippen molar-refractivity contribution in [1.29, 1.82) is 0 Å². The number of thioether (sulfide) groups is 1. The average Bonchev–Trinajstić information content (AvgIpc) is 2.94. The number of hydrogen-bond donors (Lipinski definition) is 1. The molecule has 8 heteroatoms. The van der Waals surface area contributed by atoms with Crippen LogP contribution < -0.4 is 0 Å². The Morgan fingerprint density at radius 3 is 2.80 bits per heavy atom. The number of benzene rings is 1. The van der Waals surface area contributed by atoms with E-state index in [1.807, 2.05) is 0 Å². The van der Waals surface area contributed by atoms with Gasteiger partial charge in [0, 0.05) is 24.4 Å². The summed E-state index contributed by atoms with van der Waals surface area (Å²) in [6.07, 6.45) is 0.781. The maximum Gasteiger partial charge on any atom is 0.243 e. The lowest BCUT2D eigenvalue weighted by Crippen LogP contribution is -2.37. The lowest BCUT2D eigenvalue weighted by molar-refractivity contribution is 0.281. The summed E-state index contributed by atoms with van der Waals surface area (Å²) in [5.41, 5.74) is 0.0689. The summed E-state index contributed by atoms with van der Waals surface area (Å²) < 4.78 is 39.9. The quantitative estimate of drug-likeness (QED) is 0.912. The van der Waals surface area contributed by atoms with E-state index in [9.17, 15) is 12.8 Å². The van der Waals surface area contributed by atoms with E-state index >= 15 is 0 Å². The Kier molecular flexibility index (Phi) is 4.96. The second kappa shape index (κ2) is 6.19. The predicted molar refractivity (Wildman–Crippen MR) is 78.0 cm³/mol. The molecule has 0 spiro atoms. The standard InChI is InChI=1S/C12H15ClFNO3S2/c1-15(9-2-3-19-7-9)20(17,18)10-4-8(6-16)12(13)11(14)5-10/h4-5,9,16H,2-3,6-7H2,1H3. The van der Waals surface area contributed by atoms with Gasteiger partial charge >= 0.3 is 0 Å². The molecule has 1 fully saturated rings. The molecule has 1 aliphatic heterocycles. The lowest BCUT2D eigenvalue weighted by Gasteiger charge is -2.23. The van der Waals surface area contributed by atoms with Crippen molar-refractivity contribution >= 4 is 33.4 Å². The molecule has 20 heavy (non-hydrogen) atoms. The predicted octanol–water partition coefficient (Wildman–Crippen LogP) is 2.10. The fourth-order valence-electron chi connectivity index (χ4n) is 2.05. The van der Waals surface area contributed by atoms with E-state index in [0.29, 0.717) is 0 Å². The van der Waals surface area contributed by atoms with Gasteiger partial charge in [0.1, 0.15) is 5.82 Å². The van der Waals surface area contributed by atoms with Gasteiger partial charge in [0.2, 0.25) is 10.0 Å². The molecule has 0 saturated carbocycles. The zero-order valence-corrected chi connectivity index (χ0v) is 13.2. The third-order valence-electron chi connectivity index (χ3n) is 3.34. The van der Waals surface area contributed by atoms with Gasteiger partial charge in [-0.1, -0.05) is 11.6 Å². The van der Waals surface area contributed by atoms with Crippen molar-refractivity contribution in [1.82, 2.24) is 4.31 Å². The largest absolute Gasteiger partial charge is 0.392 e. The maximum absolute atomic E-state index is 13.7. The molecule has 4 nitrogen and oxygen atoms in total. The van der Waals surface area contributed by atoms with Gasteiger partial charge in [-0.15, -0.1) is 0 Å². The van der Waals surface area contributed by atoms with E-state index in [2.05, 4.69) is 0 Å². The molecule has 0 bridgehead atoms. The Balaban J connectivity index is 2.41. The molecule has 1 aromatic rings. The molecule has 2 rings (SSSR count). The van der Waals surface area contributed by atoms with Crippen LogP contribution in [0.5, 0.6) is 0 Å². The Morgan fingerprint density at radius 2 is 2.25 bits per heavy atom. The average molecular weight is 340 g/mol. The van der Waals surface area contributed by atoms with Crippen molar-refractivity contribution < 1.29 is 17.9 Å². The first-order valence-corrected chi connectivity index (χ1v) is 8.99. The number of rotatable bonds is 4. The van der Waals surface area contributed by atoms with E-state index < -0.39 is 22.4 Å². The zero-order valence-electron chi connectivity index (χ0n) is 10.8. The van der Waals surface area contributed by atoms with Crippen molar-refractivity contribution in [3.63, 3.8) is 0 Å². The van der Waals surface area contributed by atoms with Crippen molar-refractivity contribution in [2.75, 3.05) is 18.6 Å². The molecule has 1 heterocycles. The second-order valence-electron chi connectivity index (χ2n) is 4.57. The molecule has 0 aromatic heterocycles. The van der Waals surface area contributed by atoms with Crippen LogP contribution in [-0.2, 0) is 16.6 Å². The first-order chi connectivity index (χ1) is 9.37. The van der Waals surface area contributed by atoms with Crippen LogP contribution in [0, 0.1) is 5.82 Å². The van der Waals surface area contributed by atoms with Crippen molar-refractivity contribution in [3.8, 4) is 0 Å². The lowest BCUT2D eigenvalue weighted by atomic mass is 10.2. The zero-order chi connectivity index (χ0) is 14.9.